The minimum Gasteiger partial charge on any atom is -0.495 e. The Kier molecular flexibility index (Phi) is 5.38. The Hall–Kier alpha value is -1.07. The number of ether oxygens (including phenoxy) is 3. The van der Waals surface area contributed by atoms with Crippen LogP contribution in [0.5, 0.6) is 11.5 Å². The number of methoxy groups -OCH3 is 2. The highest BCUT2D eigenvalue weighted by Crippen LogP contribution is 2.38. The summed E-state index contributed by atoms with van der Waals surface area (Å²) in [6.07, 6.45) is 0. The van der Waals surface area contributed by atoms with Gasteiger partial charge in [0, 0.05) is 6.61 Å². The van der Waals surface area contributed by atoms with Crippen molar-refractivity contribution in [1.82, 2.24) is 0 Å². The Labute approximate surface area is 122 Å². The maximum absolute atomic E-state index is 12.5. The minimum atomic E-state index is -0.893. The van der Waals surface area contributed by atoms with Crippen molar-refractivity contribution in [2.24, 2.45) is 0 Å². The van der Waals surface area contributed by atoms with Crippen molar-refractivity contribution in [2.75, 3.05) is 20.8 Å². The van der Waals surface area contributed by atoms with Crippen molar-refractivity contribution >= 4 is 21.7 Å². The van der Waals surface area contributed by atoms with Gasteiger partial charge >= 0.3 is 0 Å². The second-order valence-electron chi connectivity index (χ2n) is 4.44. The first-order valence-electron chi connectivity index (χ1n) is 5.98. The lowest BCUT2D eigenvalue weighted by molar-refractivity contribution is 0.00105. The van der Waals surface area contributed by atoms with Gasteiger partial charge in [0.1, 0.15) is 21.6 Å². The van der Waals surface area contributed by atoms with E-state index in [1.54, 1.807) is 33.1 Å². The predicted octanol–water partition coefficient (Wildman–Crippen LogP) is 3.46. The molecule has 1 aromatic rings. The maximum atomic E-state index is 12.5. The van der Waals surface area contributed by atoms with Crippen LogP contribution in [0.1, 0.15) is 31.1 Å². The first-order valence-corrected chi connectivity index (χ1v) is 6.77. The Morgan fingerprint density at radius 3 is 2.37 bits per heavy atom. The van der Waals surface area contributed by atoms with Crippen LogP contribution < -0.4 is 9.47 Å². The van der Waals surface area contributed by atoms with Crippen molar-refractivity contribution in [3.8, 4) is 11.5 Å². The summed E-state index contributed by atoms with van der Waals surface area (Å²) < 4.78 is 16.6. The van der Waals surface area contributed by atoms with Gasteiger partial charge in [-0.2, -0.15) is 0 Å². The molecule has 1 rings (SSSR count). The van der Waals surface area contributed by atoms with Gasteiger partial charge in [-0.25, -0.2) is 0 Å². The maximum Gasteiger partial charge on any atom is 0.197 e. The summed E-state index contributed by atoms with van der Waals surface area (Å²) in [6.45, 7) is 5.82. The second kappa shape index (κ2) is 6.39. The molecule has 0 spiro atoms. The summed E-state index contributed by atoms with van der Waals surface area (Å²) in [6, 6.07) is 3.41. The molecule has 0 saturated carbocycles. The van der Waals surface area contributed by atoms with Crippen LogP contribution in [0.3, 0.4) is 0 Å². The summed E-state index contributed by atoms with van der Waals surface area (Å²) in [5.74, 6) is 0.939. The fourth-order valence-electron chi connectivity index (χ4n) is 1.82. The molecule has 0 aliphatic rings. The van der Waals surface area contributed by atoms with E-state index < -0.39 is 5.60 Å². The molecule has 4 nitrogen and oxygen atoms in total. The van der Waals surface area contributed by atoms with E-state index in [9.17, 15) is 4.79 Å². The van der Waals surface area contributed by atoms with Gasteiger partial charge in [-0.1, -0.05) is 0 Å². The van der Waals surface area contributed by atoms with E-state index in [1.165, 1.54) is 7.11 Å². The van der Waals surface area contributed by atoms with Crippen LogP contribution in [0.2, 0.25) is 0 Å². The van der Waals surface area contributed by atoms with Gasteiger partial charge in [-0.05, 0) is 48.8 Å². The first-order chi connectivity index (χ1) is 8.88. The highest BCUT2D eigenvalue weighted by molar-refractivity contribution is 9.10. The van der Waals surface area contributed by atoms with E-state index >= 15 is 0 Å². The fourth-order valence-corrected chi connectivity index (χ4v) is 2.49. The van der Waals surface area contributed by atoms with Gasteiger partial charge in [-0.15, -0.1) is 0 Å². The number of halogens is 1. The average Bonchev–Trinajstić information content (AvgIpc) is 2.37. The van der Waals surface area contributed by atoms with Gasteiger partial charge < -0.3 is 14.2 Å². The van der Waals surface area contributed by atoms with E-state index in [-0.39, 0.29) is 5.78 Å². The summed E-state index contributed by atoms with van der Waals surface area (Å²) in [5.41, 5.74) is -0.426. The molecule has 0 amide bonds. The lowest BCUT2D eigenvalue weighted by Crippen LogP contribution is -2.35. The summed E-state index contributed by atoms with van der Waals surface area (Å²) in [7, 11) is 3.08. The Bertz CT molecular complexity index is 469. The number of carbonyl (C=O) groups excluding carboxylic acids is 1. The van der Waals surface area contributed by atoms with Crippen LogP contribution in [-0.4, -0.2) is 32.2 Å². The van der Waals surface area contributed by atoms with Crippen LogP contribution in [0.4, 0.5) is 0 Å². The number of carbonyl (C=O) groups is 1. The monoisotopic (exact) mass is 330 g/mol. The highest BCUT2D eigenvalue weighted by Gasteiger charge is 2.32. The number of rotatable bonds is 6. The van der Waals surface area contributed by atoms with Crippen LogP contribution in [0, 0.1) is 0 Å². The smallest absolute Gasteiger partial charge is 0.197 e. The molecule has 0 atom stereocenters. The molecule has 19 heavy (non-hydrogen) atoms. The topological polar surface area (TPSA) is 44.8 Å². The molecule has 0 bridgehead atoms. The lowest BCUT2D eigenvalue weighted by Gasteiger charge is -2.24. The molecule has 0 unspecified atom stereocenters. The van der Waals surface area contributed by atoms with E-state index in [0.717, 1.165) is 0 Å². The number of ketones is 1. The molecule has 0 heterocycles. The molecule has 0 fully saturated rings. The Balaban J connectivity index is 3.28. The van der Waals surface area contributed by atoms with E-state index in [1.807, 2.05) is 6.92 Å². The zero-order valence-electron chi connectivity index (χ0n) is 11.9. The predicted molar refractivity (Wildman–Crippen MR) is 77.3 cm³/mol. The molecule has 5 heteroatoms. The van der Waals surface area contributed by atoms with Crippen LogP contribution in [-0.2, 0) is 4.74 Å². The van der Waals surface area contributed by atoms with E-state index in [0.29, 0.717) is 28.1 Å². The molecule has 0 aromatic heterocycles. The molecule has 0 saturated heterocycles. The fraction of sp³-hybridized carbons (Fsp3) is 0.500. The highest BCUT2D eigenvalue weighted by atomic mass is 79.9. The van der Waals surface area contributed by atoms with Crippen molar-refractivity contribution < 1.29 is 19.0 Å². The molecule has 1 aromatic carbocycles. The second-order valence-corrected chi connectivity index (χ2v) is 5.23. The summed E-state index contributed by atoms with van der Waals surface area (Å²) >= 11 is 3.38. The average molecular weight is 331 g/mol. The van der Waals surface area contributed by atoms with Crippen molar-refractivity contribution in [3.63, 3.8) is 0 Å². The molecule has 0 N–H and O–H groups in total. The number of Topliss-reactive ketones (excluding diaryl/α,β-unsaturated/α-hetero) is 1. The largest absolute Gasteiger partial charge is 0.495 e. The SMILES string of the molecule is CCOC(C)(C)C(=O)c1ccc(OC)c(Br)c1OC. The molecule has 0 aliphatic heterocycles. The molecule has 106 valence electrons. The number of hydrogen-bond acceptors (Lipinski definition) is 4. The van der Waals surface area contributed by atoms with Gasteiger partial charge in [0.2, 0.25) is 0 Å². The molecule has 0 radical (unpaired) electrons. The van der Waals surface area contributed by atoms with Crippen LogP contribution >= 0.6 is 15.9 Å². The third kappa shape index (κ3) is 3.28. The van der Waals surface area contributed by atoms with Gasteiger partial charge in [0.15, 0.2) is 5.78 Å². The third-order valence-corrected chi connectivity index (χ3v) is 3.53. The third-order valence-electron chi connectivity index (χ3n) is 2.78. The van der Waals surface area contributed by atoms with Crippen molar-refractivity contribution in [1.29, 1.82) is 0 Å². The Morgan fingerprint density at radius 2 is 1.89 bits per heavy atom. The summed E-state index contributed by atoms with van der Waals surface area (Å²) in [5, 5.41) is 0. The van der Waals surface area contributed by atoms with Gasteiger partial charge in [0.25, 0.3) is 0 Å². The first kappa shape index (κ1) is 16.0. The van der Waals surface area contributed by atoms with Crippen molar-refractivity contribution in [2.45, 2.75) is 26.4 Å². The molecular formula is C14H19BrO4. The standard InChI is InChI=1S/C14H19BrO4/c1-6-19-14(2,3)13(16)9-7-8-10(17-4)11(15)12(9)18-5/h7-8H,6H2,1-5H3. The zero-order chi connectivity index (χ0) is 14.6. The minimum absolute atomic E-state index is 0.130. The summed E-state index contributed by atoms with van der Waals surface area (Å²) in [4.78, 5) is 12.5. The van der Waals surface area contributed by atoms with Gasteiger partial charge in [0.05, 0.1) is 19.8 Å². The zero-order valence-corrected chi connectivity index (χ0v) is 13.5. The van der Waals surface area contributed by atoms with Gasteiger partial charge in [-0.3, -0.25) is 4.79 Å². The molecular weight excluding hydrogens is 312 g/mol. The lowest BCUT2D eigenvalue weighted by atomic mass is 9.95. The van der Waals surface area contributed by atoms with E-state index in [2.05, 4.69) is 15.9 Å². The number of benzene rings is 1. The van der Waals surface area contributed by atoms with E-state index in [4.69, 9.17) is 14.2 Å². The van der Waals surface area contributed by atoms with Crippen molar-refractivity contribution in [3.05, 3.63) is 22.2 Å². The molecule has 0 aliphatic carbocycles. The van der Waals surface area contributed by atoms with Crippen LogP contribution in [0.25, 0.3) is 0 Å². The van der Waals surface area contributed by atoms with Crippen LogP contribution in [0.15, 0.2) is 16.6 Å². The number of hydrogen-bond donors (Lipinski definition) is 0. The Morgan fingerprint density at radius 1 is 1.26 bits per heavy atom. The normalized spacial score (nSPS) is 11.3. The quantitative estimate of drug-likeness (QED) is 0.749.